The fourth-order valence-electron chi connectivity index (χ4n) is 3.53. The number of fused-ring (bicyclic) bond motifs is 1. The predicted octanol–water partition coefficient (Wildman–Crippen LogP) is 4.31. The van der Waals surface area contributed by atoms with Crippen LogP contribution in [0.1, 0.15) is 18.5 Å². The Morgan fingerprint density at radius 3 is 2.57 bits per heavy atom. The molecule has 1 aliphatic heterocycles. The second-order valence-electron chi connectivity index (χ2n) is 6.68. The molecule has 2 heterocycles. The molecule has 3 atom stereocenters. The zero-order chi connectivity index (χ0) is 19.7. The van der Waals surface area contributed by atoms with Gasteiger partial charge < -0.3 is 10.6 Å². The van der Waals surface area contributed by atoms with Gasteiger partial charge in [-0.05, 0) is 43.0 Å². The first kappa shape index (κ1) is 18.8. The van der Waals surface area contributed by atoms with Crippen LogP contribution in [0.3, 0.4) is 0 Å². The van der Waals surface area contributed by atoms with Gasteiger partial charge in [0.2, 0.25) is 17.0 Å². The van der Waals surface area contributed by atoms with E-state index in [1.54, 1.807) is 24.3 Å². The van der Waals surface area contributed by atoms with Gasteiger partial charge in [-0.2, -0.15) is 4.98 Å². The van der Waals surface area contributed by atoms with Crippen LogP contribution in [-0.2, 0) is 4.79 Å². The molecule has 28 heavy (non-hydrogen) atoms. The standard InChI is InChI=1S/C20H20ClN5OS/c1-12-16(18(27)23-15-10-8-14(21)9-11-15)17(13-6-4-3-5-7-13)26-19(22-12)24-20(25-26)28-2/h3-12,16-17H,1-2H3,(H,23,27)(H,22,24,25)/t12-,16-,17+/m1/s1. The fraction of sp³-hybridized carbons (Fsp3) is 0.250. The van der Waals surface area contributed by atoms with E-state index in [9.17, 15) is 4.79 Å². The van der Waals surface area contributed by atoms with Crippen molar-refractivity contribution in [1.29, 1.82) is 0 Å². The number of carbonyl (C=O) groups excluding carboxylic acids is 1. The van der Waals surface area contributed by atoms with Crippen molar-refractivity contribution in [2.75, 3.05) is 16.9 Å². The van der Waals surface area contributed by atoms with Gasteiger partial charge in [0.1, 0.15) is 0 Å². The molecule has 0 spiro atoms. The summed E-state index contributed by atoms with van der Waals surface area (Å²) in [6, 6.07) is 16.7. The van der Waals surface area contributed by atoms with Gasteiger partial charge in [-0.25, -0.2) is 4.68 Å². The van der Waals surface area contributed by atoms with Crippen molar-refractivity contribution >= 4 is 40.9 Å². The number of halogens is 1. The van der Waals surface area contributed by atoms with Crippen molar-refractivity contribution in [3.8, 4) is 0 Å². The molecule has 0 bridgehead atoms. The molecule has 0 radical (unpaired) electrons. The Morgan fingerprint density at radius 1 is 1.18 bits per heavy atom. The van der Waals surface area contributed by atoms with Gasteiger partial charge in [0.05, 0.1) is 12.0 Å². The van der Waals surface area contributed by atoms with Crippen molar-refractivity contribution in [1.82, 2.24) is 14.8 Å². The first-order valence-electron chi connectivity index (χ1n) is 8.95. The minimum absolute atomic E-state index is 0.0805. The largest absolute Gasteiger partial charge is 0.351 e. The van der Waals surface area contributed by atoms with Crippen molar-refractivity contribution < 1.29 is 4.79 Å². The van der Waals surface area contributed by atoms with Crippen LogP contribution in [0.2, 0.25) is 5.02 Å². The molecule has 0 unspecified atom stereocenters. The summed E-state index contributed by atoms with van der Waals surface area (Å²) >= 11 is 7.43. The Hall–Kier alpha value is -2.51. The van der Waals surface area contributed by atoms with E-state index in [-0.39, 0.29) is 23.9 Å². The summed E-state index contributed by atoms with van der Waals surface area (Å²) in [6.07, 6.45) is 1.94. The van der Waals surface area contributed by atoms with Gasteiger partial charge >= 0.3 is 0 Å². The van der Waals surface area contributed by atoms with Crippen LogP contribution < -0.4 is 10.6 Å². The molecule has 0 aliphatic carbocycles. The van der Waals surface area contributed by atoms with Crippen molar-refractivity contribution in [3.05, 3.63) is 65.2 Å². The molecule has 0 saturated heterocycles. The molecule has 1 aliphatic rings. The number of thioether (sulfide) groups is 1. The Kier molecular flexibility index (Phi) is 5.28. The van der Waals surface area contributed by atoms with Crippen molar-refractivity contribution in [3.63, 3.8) is 0 Å². The number of nitrogens with zero attached hydrogens (tertiary/aromatic N) is 3. The molecule has 144 valence electrons. The fourth-order valence-corrected chi connectivity index (χ4v) is 4.00. The third-order valence-corrected chi connectivity index (χ3v) is 5.64. The first-order valence-corrected chi connectivity index (χ1v) is 10.6. The highest BCUT2D eigenvalue weighted by Crippen LogP contribution is 2.37. The molecule has 4 rings (SSSR count). The average Bonchev–Trinajstić information content (AvgIpc) is 3.12. The number of rotatable bonds is 4. The highest BCUT2D eigenvalue weighted by Gasteiger charge is 2.41. The van der Waals surface area contributed by atoms with Crippen molar-refractivity contribution in [2.24, 2.45) is 5.92 Å². The number of hydrogen-bond donors (Lipinski definition) is 2. The van der Waals surface area contributed by atoms with E-state index < -0.39 is 0 Å². The van der Waals surface area contributed by atoms with Crippen LogP contribution in [0.4, 0.5) is 11.6 Å². The monoisotopic (exact) mass is 413 g/mol. The predicted molar refractivity (Wildman–Crippen MR) is 113 cm³/mol. The minimum Gasteiger partial charge on any atom is -0.351 e. The first-order chi connectivity index (χ1) is 13.6. The van der Waals surface area contributed by atoms with Crippen LogP contribution >= 0.6 is 23.4 Å². The van der Waals surface area contributed by atoms with E-state index in [2.05, 4.69) is 20.7 Å². The lowest BCUT2D eigenvalue weighted by Gasteiger charge is -2.36. The molecule has 6 nitrogen and oxygen atoms in total. The van der Waals surface area contributed by atoms with Crippen LogP contribution in [0.15, 0.2) is 59.8 Å². The smallest absolute Gasteiger partial charge is 0.232 e. The lowest BCUT2D eigenvalue weighted by molar-refractivity contribution is -0.121. The van der Waals surface area contributed by atoms with Crippen LogP contribution in [-0.4, -0.2) is 33.0 Å². The molecular weight excluding hydrogens is 394 g/mol. The Balaban J connectivity index is 1.73. The summed E-state index contributed by atoms with van der Waals surface area (Å²) in [6.45, 7) is 2.00. The normalized spacial score (nSPS) is 20.9. The average molecular weight is 414 g/mol. The van der Waals surface area contributed by atoms with E-state index in [0.29, 0.717) is 21.8 Å². The van der Waals surface area contributed by atoms with Gasteiger partial charge in [0.25, 0.3) is 0 Å². The van der Waals surface area contributed by atoms with Crippen LogP contribution in [0.25, 0.3) is 0 Å². The molecule has 0 fully saturated rings. The Bertz CT molecular complexity index is 976. The number of benzene rings is 2. The molecule has 2 aromatic carbocycles. The molecule has 2 N–H and O–H groups in total. The third kappa shape index (κ3) is 3.59. The third-order valence-electron chi connectivity index (χ3n) is 4.85. The molecule has 1 aromatic heterocycles. The summed E-state index contributed by atoms with van der Waals surface area (Å²) < 4.78 is 1.83. The molecule has 1 amide bonds. The maximum Gasteiger partial charge on any atom is 0.232 e. The highest BCUT2D eigenvalue weighted by molar-refractivity contribution is 7.98. The van der Waals surface area contributed by atoms with Crippen molar-refractivity contribution in [2.45, 2.75) is 24.2 Å². The van der Waals surface area contributed by atoms with E-state index in [1.165, 1.54) is 11.8 Å². The lowest BCUT2D eigenvalue weighted by Crippen LogP contribution is -2.46. The lowest BCUT2D eigenvalue weighted by atomic mass is 9.85. The highest BCUT2D eigenvalue weighted by atomic mass is 35.5. The molecular formula is C20H20ClN5OS. The SMILES string of the molecule is CSc1nc2n(n1)[C@@H](c1ccccc1)[C@H](C(=O)Nc1ccc(Cl)cc1)[C@@H](C)N2. The quantitative estimate of drug-likeness (QED) is 0.623. The van der Waals surface area contributed by atoms with Crippen LogP contribution in [0, 0.1) is 5.92 Å². The zero-order valence-corrected chi connectivity index (χ0v) is 17.0. The van der Waals surface area contributed by atoms with Gasteiger partial charge in [-0.3, -0.25) is 4.79 Å². The molecule has 8 heteroatoms. The van der Waals surface area contributed by atoms with Crippen LogP contribution in [0.5, 0.6) is 0 Å². The number of aromatic nitrogens is 3. The Morgan fingerprint density at radius 2 is 1.89 bits per heavy atom. The Labute approximate surface area is 172 Å². The van der Waals surface area contributed by atoms with E-state index >= 15 is 0 Å². The van der Waals surface area contributed by atoms with E-state index in [4.69, 9.17) is 11.6 Å². The van der Waals surface area contributed by atoms with Gasteiger partial charge in [0.15, 0.2) is 0 Å². The second-order valence-corrected chi connectivity index (χ2v) is 7.89. The zero-order valence-electron chi connectivity index (χ0n) is 15.5. The number of carbonyl (C=O) groups is 1. The number of nitrogens with one attached hydrogen (secondary N) is 2. The van der Waals surface area contributed by atoms with Gasteiger partial charge in [0, 0.05) is 16.8 Å². The topological polar surface area (TPSA) is 71.8 Å². The summed E-state index contributed by atoms with van der Waals surface area (Å²) in [5.74, 6) is 0.228. The summed E-state index contributed by atoms with van der Waals surface area (Å²) in [7, 11) is 0. The number of hydrogen-bond acceptors (Lipinski definition) is 5. The van der Waals surface area contributed by atoms with Gasteiger partial charge in [-0.15, -0.1) is 5.10 Å². The second kappa shape index (κ2) is 7.85. The van der Waals surface area contributed by atoms with E-state index in [1.807, 2.05) is 48.2 Å². The van der Waals surface area contributed by atoms with Gasteiger partial charge in [-0.1, -0.05) is 53.7 Å². The summed E-state index contributed by atoms with van der Waals surface area (Å²) in [5.41, 5.74) is 1.73. The number of amides is 1. The van der Waals surface area contributed by atoms with E-state index in [0.717, 1.165) is 5.56 Å². The molecule has 3 aromatic rings. The maximum absolute atomic E-state index is 13.3. The minimum atomic E-state index is -0.373. The summed E-state index contributed by atoms with van der Waals surface area (Å²) in [5, 5.41) is 12.3. The number of anilines is 2. The summed E-state index contributed by atoms with van der Waals surface area (Å²) in [4.78, 5) is 17.8. The molecule has 0 saturated carbocycles. The maximum atomic E-state index is 13.3.